The second kappa shape index (κ2) is 5.06. The number of hydrogen-bond donors (Lipinski definition) is 0. The summed E-state index contributed by atoms with van der Waals surface area (Å²) in [6.45, 7) is 3.56. The van der Waals surface area contributed by atoms with E-state index in [1.807, 2.05) is 19.1 Å². The highest BCUT2D eigenvalue weighted by Gasteiger charge is 2.25. The normalized spacial score (nSPS) is 13.5. The van der Waals surface area contributed by atoms with Crippen molar-refractivity contribution in [1.29, 1.82) is 0 Å². The largest absolute Gasteiger partial charge is 0.273 e. The van der Waals surface area contributed by atoms with Crippen molar-refractivity contribution in [2.45, 2.75) is 19.1 Å². The number of benzene rings is 1. The van der Waals surface area contributed by atoms with Gasteiger partial charge in [-0.05, 0) is 26.0 Å². The maximum absolute atomic E-state index is 12.0. The van der Waals surface area contributed by atoms with Crippen LogP contribution in [0.4, 0.5) is 5.69 Å². The number of nitrogens with zero attached hydrogens (tertiary/aromatic N) is 1. The van der Waals surface area contributed by atoms with Gasteiger partial charge in [-0.1, -0.05) is 17.7 Å². The van der Waals surface area contributed by atoms with Gasteiger partial charge in [0.05, 0.1) is 10.9 Å². The molecule has 0 saturated heterocycles. The number of alkyl halides is 1. The molecule has 0 radical (unpaired) electrons. The first-order chi connectivity index (χ1) is 7.39. The fourth-order valence-corrected chi connectivity index (χ4v) is 2.84. The Morgan fingerprint density at radius 2 is 1.81 bits per heavy atom. The Labute approximate surface area is 102 Å². The molecular formula is C11H16ClNO2S. The number of sulfonamides is 1. The highest BCUT2D eigenvalue weighted by atomic mass is 35.5. The third kappa shape index (κ3) is 2.68. The first-order valence-electron chi connectivity index (χ1n) is 5.00. The molecule has 1 atom stereocenters. The van der Waals surface area contributed by atoms with Crippen LogP contribution < -0.4 is 4.31 Å². The summed E-state index contributed by atoms with van der Waals surface area (Å²) in [6, 6.07) is 7.33. The molecule has 0 bridgehead atoms. The average molecular weight is 262 g/mol. The lowest BCUT2D eigenvalue weighted by Gasteiger charge is -2.22. The van der Waals surface area contributed by atoms with E-state index >= 15 is 0 Å². The minimum Gasteiger partial charge on any atom is -0.273 e. The van der Waals surface area contributed by atoms with Crippen LogP contribution in [0.25, 0.3) is 0 Å². The molecule has 0 spiro atoms. The van der Waals surface area contributed by atoms with Gasteiger partial charge in [-0.15, -0.1) is 11.6 Å². The Morgan fingerprint density at radius 1 is 1.31 bits per heavy atom. The van der Waals surface area contributed by atoms with Crippen LogP contribution in [0.5, 0.6) is 0 Å². The first-order valence-corrected chi connectivity index (χ1v) is 7.03. The summed E-state index contributed by atoms with van der Waals surface area (Å²) in [7, 11) is -1.81. The topological polar surface area (TPSA) is 37.4 Å². The van der Waals surface area contributed by atoms with Crippen molar-refractivity contribution < 1.29 is 8.42 Å². The quantitative estimate of drug-likeness (QED) is 0.781. The molecule has 3 nitrogen and oxygen atoms in total. The molecule has 1 aromatic rings. The van der Waals surface area contributed by atoms with Crippen LogP contribution in [-0.2, 0) is 10.0 Å². The van der Waals surface area contributed by atoms with Gasteiger partial charge in [0.2, 0.25) is 10.0 Å². The molecule has 0 aliphatic heterocycles. The highest BCUT2D eigenvalue weighted by molar-refractivity contribution is 7.93. The lowest BCUT2D eigenvalue weighted by molar-refractivity contribution is 0.586. The number of aryl methyl sites for hydroxylation is 1. The predicted molar refractivity (Wildman–Crippen MR) is 68.7 cm³/mol. The zero-order valence-corrected chi connectivity index (χ0v) is 11.2. The average Bonchev–Trinajstić information content (AvgIpc) is 2.28. The second-order valence-electron chi connectivity index (χ2n) is 3.81. The van der Waals surface area contributed by atoms with Crippen molar-refractivity contribution in [2.24, 2.45) is 0 Å². The van der Waals surface area contributed by atoms with E-state index in [2.05, 4.69) is 0 Å². The summed E-state index contributed by atoms with van der Waals surface area (Å²) in [4.78, 5) is 0. The third-order valence-corrected chi connectivity index (χ3v) is 5.31. The molecule has 1 rings (SSSR count). The van der Waals surface area contributed by atoms with E-state index in [0.717, 1.165) is 5.56 Å². The molecule has 5 heteroatoms. The van der Waals surface area contributed by atoms with Crippen LogP contribution in [-0.4, -0.2) is 26.6 Å². The molecule has 0 aromatic heterocycles. The Bertz CT molecular complexity index is 442. The predicted octanol–water partition coefficient (Wildman–Crippen LogP) is 2.39. The van der Waals surface area contributed by atoms with Gasteiger partial charge < -0.3 is 0 Å². The summed E-state index contributed by atoms with van der Waals surface area (Å²) in [5, 5.41) is -0.583. The van der Waals surface area contributed by atoms with Crippen LogP contribution in [0, 0.1) is 6.92 Å². The van der Waals surface area contributed by atoms with Crippen LogP contribution in [0.2, 0.25) is 0 Å². The SMILES string of the molecule is Cc1ccc(N(C)S(=O)(=O)C(C)CCl)cc1. The minimum absolute atomic E-state index is 0.0958. The van der Waals surface area contributed by atoms with Gasteiger partial charge in [-0.25, -0.2) is 8.42 Å². The smallest absolute Gasteiger partial charge is 0.238 e. The summed E-state index contributed by atoms with van der Waals surface area (Å²) in [5.74, 6) is 0.0958. The molecule has 0 aliphatic rings. The molecule has 0 heterocycles. The zero-order valence-electron chi connectivity index (χ0n) is 9.64. The van der Waals surface area contributed by atoms with Gasteiger partial charge in [-0.2, -0.15) is 0 Å². The van der Waals surface area contributed by atoms with E-state index in [9.17, 15) is 8.42 Å². The van der Waals surface area contributed by atoms with E-state index in [4.69, 9.17) is 11.6 Å². The minimum atomic E-state index is -3.35. The molecule has 0 saturated carbocycles. The van der Waals surface area contributed by atoms with Gasteiger partial charge in [0.1, 0.15) is 0 Å². The molecule has 0 N–H and O–H groups in total. The maximum atomic E-state index is 12.0. The van der Waals surface area contributed by atoms with Crippen LogP contribution in [0.15, 0.2) is 24.3 Å². The van der Waals surface area contributed by atoms with Crippen LogP contribution in [0.3, 0.4) is 0 Å². The lowest BCUT2D eigenvalue weighted by Crippen LogP contribution is -2.35. The molecule has 90 valence electrons. The van der Waals surface area contributed by atoms with E-state index in [-0.39, 0.29) is 5.88 Å². The van der Waals surface area contributed by atoms with Crippen molar-refractivity contribution in [1.82, 2.24) is 0 Å². The number of rotatable bonds is 4. The van der Waals surface area contributed by atoms with E-state index < -0.39 is 15.3 Å². The van der Waals surface area contributed by atoms with Crippen molar-refractivity contribution >= 4 is 27.3 Å². The second-order valence-corrected chi connectivity index (χ2v) is 6.50. The Balaban J connectivity index is 3.02. The van der Waals surface area contributed by atoms with Gasteiger partial charge in [0.15, 0.2) is 0 Å². The summed E-state index contributed by atoms with van der Waals surface area (Å²) < 4.78 is 25.3. The molecule has 0 aliphatic carbocycles. The maximum Gasteiger partial charge on any atom is 0.238 e. The lowest BCUT2D eigenvalue weighted by atomic mass is 10.2. The molecule has 16 heavy (non-hydrogen) atoms. The van der Waals surface area contributed by atoms with Crippen molar-refractivity contribution in [3.8, 4) is 0 Å². The molecule has 1 aromatic carbocycles. The van der Waals surface area contributed by atoms with Crippen LogP contribution >= 0.6 is 11.6 Å². The van der Waals surface area contributed by atoms with Crippen LogP contribution in [0.1, 0.15) is 12.5 Å². The van der Waals surface area contributed by atoms with Gasteiger partial charge in [-0.3, -0.25) is 4.31 Å². The summed E-state index contributed by atoms with van der Waals surface area (Å²) in [6.07, 6.45) is 0. The van der Waals surface area contributed by atoms with Gasteiger partial charge in [0, 0.05) is 12.9 Å². The number of hydrogen-bond acceptors (Lipinski definition) is 2. The summed E-state index contributed by atoms with van der Waals surface area (Å²) in [5.41, 5.74) is 1.75. The fraction of sp³-hybridized carbons (Fsp3) is 0.455. The van der Waals surface area contributed by atoms with Crippen molar-refractivity contribution in [2.75, 3.05) is 17.2 Å². The van der Waals surface area contributed by atoms with Crippen molar-refractivity contribution in [3.05, 3.63) is 29.8 Å². The van der Waals surface area contributed by atoms with Gasteiger partial charge >= 0.3 is 0 Å². The zero-order chi connectivity index (χ0) is 12.3. The monoisotopic (exact) mass is 261 g/mol. The number of anilines is 1. The van der Waals surface area contributed by atoms with Gasteiger partial charge in [0.25, 0.3) is 0 Å². The third-order valence-electron chi connectivity index (χ3n) is 2.51. The highest BCUT2D eigenvalue weighted by Crippen LogP contribution is 2.19. The Kier molecular flexibility index (Phi) is 4.21. The molecule has 0 fully saturated rings. The standard InChI is InChI=1S/C11H16ClNO2S/c1-9-4-6-11(7-5-9)13(3)16(14,15)10(2)8-12/h4-7,10H,8H2,1-3H3. The Hall–Kier alpha value is -0.740. The number of halogens is 1. The molecule has 0 amide bonds. The molecule has 1 unspecified atom stereocenters. The fourth-order valence-electron chi connectivity index (χ4n) is 1.25. The van der Waals surface area contributed by atoms with E-state index in [0.29, 0.717) is 5.69 Å². The first kappa shape index (κ1) is 13.3. The van der Waals surface area contributed by atoms with E-state index in [1.54, 1.807) is 26.1 Å². The van der Waals surface area contributed by atoms with E-state index in [1.165, 1.54) is 4.31 Å². The van der Waals surface area contributed by atoms with Crippen molar-refractivity contribution in [3.63, 3.8) is 0 Å². The molecular weight excluding hydrogens is 246 g/mol. The Morgan fingerprint density at radius 3 is 2.25 bits per heavy atom. The summed E-state index contributed by atoms with van der Waals surface area (Å²) >= 11 is 5.59.